The number of rotatable bonds is 18. The molecule has 1 N–H and O–H groups in total. The molecule has 1 heterocycles. The third kappa shape index (κ3) is 34.7. The fourth-order valence-electron chi connectivity index (χ4n) is 5.82. The molecule has 1 aliphatic heterocycles. The Labute approximate surface area is 369 Å². The van der Waals surface area contributed by atoms with Crippen molar-refractivity contribution in [3.05, 3.63) is 71.8 Å². The van der Waals surface area contributed by atoms with E-state index in [4.69, 9.17) is 33.2 Å². The van der Waals surface area contributed by atoms with Crippen LogP contribution in [0.3, 0.4) is 0 Å². The average molecular weight is 845 g/mol. The van der Waals surface area contributed by atoms with Gasteiger partial charge in [-0.15, -0.1) is 0 Å². The Morgan fingerprint density at radius 2 is 0.933 bits per heavy atom. The molecule has 348 valence electrons. The minimum atomic E-state index is -0.511. The van der Waals surface area contributed by atoms with Crippen molar-refractivity contribution in [3.63, 3.8) is 0 Å². The lowest BCUT2D eigenvalue weighted by atomic mass is 9.86. The van der Waals surface area contributed by atoms with Crippen LogP contribution in [0.25, 0.3) is 0 Å². The zero-order valence-electron chi connectivity index (χ0n) is 40.5. The predicted octanol–water partition coefficient (Wildman–Crippen LogP) is 12.4. The number of aliphatic hydroxyl groups is 1. The van der Waals surface area contributed by atoms with E-state index in [0.717, 1.165) is 56.9 Å². The first-order chi connectivity index (χ1) is 28.6. The molecule has 0 radical (unpaired) electrons. The minimum absolute atomic E-state index is 0.165. The molecular formula is C52H92O8. The first-order valence-corrected chi connectivity index (χ1v) is 23.8. The van der Waals surface area contributed by atoms with Crippen LogP contribution in [-0.2, 0) is 39.6 Å². The van der Waals surface area contributed by atoms with Crippen LogP contribution in [0.2, 0.25) is 0 Å². The molecule has 3 aliphatic carbocycles. The van der Waals surface area contributed by atoms with Gasteiger partial charge in [-0.05, 0) is 170 Å². The molecule has 6 rings (SSSR count). The quantitative estimate of drug-likeness (QED) is 0.159. The standard InChI is InChI=1S/C11H16O2.C11H16O.C9H18O2.C8H16O.C7H14O.C6H12O/c1-9(2)13-8-11(12)10-6-4-3-5-7-10;1-10(2)12-9-8-11-6-4-3-5-7-11;1-8(2)11-7-9-3-5-10-6-4-9;1-7(2)9-6-8-4-3-5-8;1-6(2)8-7-4-3-5-7;1-5(2)7-6-3-4-6/h3-7,9,11-12H,8H2,1-2H3;3-7,10H,8-9H2,1-2H3;8-9H,3-7H2,1-2H3;7-8H,3-6H2,1-2H3;6-7H,3-5H2,1-2H3;5-6H,3-4H2,1-2H3. The Bertz CT molecular complexity index is 1190. The van der Waals surface area contributed by atoms with Crippen molar-refractivity contribution < 1.29 is 38.3 Å². The highest BCUT2D eigenvalue weighted by Crippen LogP contribution is 2.27. The van der Waals surface area contributed by atoms with Crippen LogP contribution in [-0.4, -0.2) is 93.6 Å². The summed E-state index contributed by atoms with van der Waals surface area (Å²) in [5, 5.41) is 9.64. The lowest BCUT2D eigenvalue weighted by Crippen LogP contribution is -2.24. The van der Waals surface area contributed by atoms with E-state index in [2.05, 4.69) is 93.5 Å². The Morgan fingerprint density at radius 3 is 1.30 bits per heavy atom. The van der Waals surface area contributed by atoms with Crippen molar-refractivity contribution in [2.75, 3.05) is 39.6 Å². The van der Waals surface area contributed by atoms with Gasteiger partial charge in [-0.1, -0.05) is 67.1 Å². The molecule has 1 unspecified atom stereocenters. The van der Waals surface area contributed by atoms with Gasteiger partial charge in [0.1, 0.15) is 6.10 Å². The van der Waals surface area contributed by atoms with Gasteiger partial charge in [-0.3, -0.25) is 0 Å². The van der Waals surface area contributed by atoms with Crippen LogP contribution in [0.1, 0.15) is 165 Å². The van der Waals surface area contributed by atoms with E-state index in [-0.39, 0.29) is 6.10 Å². The van der Waals surface area contributed by atoms with E-state index in [0.29, 0.717) is 49.3 Å². The molecule has 0 amide bonds. The van der Waals surface area contributed by atoms with Crippen LogP contribution >= 0.6 is 0 Å². The minimum Gasteiger partial charge on any atom is -0.386 e. The maximum Gasteiger partial charge on any atom is 0.102 e. The molecule has 60 heavy (non-hydrogen) atoms. The molecule has 0 aromatic heterocycles. The Balaban J connectivity index is 0.000000364. The number of ether oxygens (including phenoxy) is 7. The molecule has 8 nitrogen and oxygen atoms in total. The Kier molecular flexibility index (Phi) is 33.3. The van der Waals surface area contributed by atoms with Gasteiger partial charge in [0.2, 0.25) is 0 Å². The van der Waals surface area contributed by atoms with Crippen LogP contribution in [0.4, 0.5) is 0 Å². The van der Waals surface area contributed by atoms with Gasteiger partial charge < -0.3 is 38.3 Å². The number of benzene rings is 2. The maximum atomic E-state index is 9.64. The molecule has 1 saturated heterocycles. The van der Waals surface area contributed by atoms with E-state index in [1.54, 1.807) is 0 Å². The summed E-state index contributed by atoms with van der Waals surface area (Å²) in [7, 11) is 0. The van der Waals surface area contributed by atoms with Gasteiger partial charge in [-0.25, -0.2) is 0 Å². The summed E-state index contributed by atoms with van der Waals surface area (Å²) in [6.45, 7) is 29.7. The first kappa shape index (κ1) is 56.1. The molecule has 1 atom stereocenters. The predicted molar refractivity (Wildman–Crippen MR) is 250 cm³/mol. The second-order valence-electron chi connectivity index (χ2n) is 18.2. The van der Waals surface area contributed by atoms with Gasteiger partial charge in [0, 0.05) is 26.4 Å². The van der Waals surface area contributed by atoms with E-state index < -0.39 is 6.10 Å². The van der Waals surface area contributed by atoms with Crippen molar-refractivity contribution in [2.24, 2.45) is 11.8 Å². The summed E-state index contributed by atoms with van der Waals surface area (Å²) < 4.78 is 37.8. The molecule has 2 aromatic rings. The summed E-state index contributed by atoms with van der Waals surface area (Å²) in [4.78, 5) is 0. The summed E-state index contributed by atoms with van der Waals surface area (Å²) in [5.74, 6) is 1.64. The van der Waals surface area contributed by atoms with Gasteiger partial charge in [0.05, 0.1) is 62.0 Å². The lowest BCUT2D eigenvalue weighted by molar-refractivity contribution is -0.0347. The average Bonchev–Trinajstić information content (AvgIpc) is 4.00. The van der Waals surface area contributed by atoms with Crippen LogP contribution < -0.4 is 0 Å². The summed E-state index contributed by atoms with van der Waals surface area (Å²) in [6.07, 6.45) is 17.0. The normalized spacial score (nSPS) is 17.2. The second kappa shape index (κ2) is 35.6. The lowest BCUT2D eigenvalue weighted by Gasteiger charge is -2.27. The summed E-state index contributed by atoms with van der Waals surface area (Å²) >= 11 is 0. The van der Waals surface area contributed by atoms with Crippen molar-refractivity contribution in [3.8, 4) is 0 Å². The van der Waals surface area contributed by atoms with Crippen LogP contribution in [0.5, 0.6) is 0 Å². The third-order valence-corrected chi connectivity index (χ3v) is 9.86. The SMILES string of the molecule is CC(C)OC1CC1.CC(C)OC1CCC1.CC(C)OCC(O)c1ccccc1.CC(C)OCC1CCC1.CC(C)OCC1CCOCC1.CC(C)OCCc1ccccc1. The smallest absolute Gasteiger partial charge is 0.102 e. The summed E-state index contributed by atoms with van der Waals surface area (Å²) in [5.41, 5.74) is 2.25. The Hall–Kier alpha value is -1.88. The second-order valence-corrected chi connectivity index (χ2v) is 18.2. The number of hydrogen-bond acceptors (Lipinski definition) is 8. The zero-order chi connectivity index (χ0) is 44.5. The van der Waals surface area contributed by atoms with Gasteiger partial charge in [-0.2, -0.15) is 0 Å². The third-order valence-electron chi connectivity index (χ3n) is 9.86. The highest BCUT2D eigenvalue weighted by atomic mass is 16.5. The molecule has 2 aromatic carbocycles. The topological polar surface area (TPSA) is 84.8 Å². The maximum absolute atomic E-state index is 9.64. The molecule has 3 saturated carbocycles. The van der Waals surface area contributed by atoms with Crippen LogP contribution in [0.15, 0.2) is 60.7 Å². The highest BCUT2D eigenvalue weighted by Gasteiger charge is 2.23. The van der Waals surface area contributed by atoms with E-state index in [9.17, 15) is 5.11 Å². The molecule has 4 fully saturated rings. The monoisotopic (exact) mass is 845 g/mol. The Morgan fingerprint density at radius 1 is 0.500 bits per heavy atom. The molecule has 0 bridgehead atoms. The molecule has 8 heteroatoms. The fourth-order valence-corrected chi connectivity index (χ4v) is 5.82. The number of hydrogen-bond donors (Lipinski definition) is 1. The number of aliphatic hydroxyl groups excluding tert-OH is 1. The van der Waals surface area contributed by atoms with Gasteiger partial charge in [0.15, 0.2) is 0 Å². The van der Waals surface area contributed by atoms with Gasteiger partial charge in [0.25, 0.3) is 0 Å². The highest BCUT2D eigenvalue weighted by molar-refractivity contribution is 5.17. The van der Waals surface area contributed by atoms with Crippen molar-refractivity contribution in [1.29, 1.82) is 0 Å². The summed E-state index contributed by atoms with van der Waals surface area (Å²) in [6, 6.07) is 20.0. The van der Waals surface area contributed by atoms with Crippen molar-refractivity contribution >= 4 is 0 Å². The van der Waals surface area contributed by atoms with Crippen LogP contribution in [0, 0.1) is 11.8 Å². The largest absolute Gasteiger partial charge is 0.386 e. The molecule has 4 aliphatic rings. The van der Waals surface area contributed by atoms with E-state index >= 15 is 0 Å². The van der Waals surface area contributed by atoms with Crippen molar-refractivity contribution in [2.45, 2.75) is 209 Å². The molecular weight excluding hydrogens is 753 g/mol. The molecule has 0 spiro atoms. The van der Waals surface area contributed by atoms with E-state index in [1.807, 2.05) is 50.2 Å². The zero-order valence-corrected chi connectivity index (χ0v) is 40.5. The first-order valence-electron chi connectivity index (χ1n) is 23.8. The van der Waals surface area contributed by atoms with Crippen molar-refractivity contribution in [1.82, 2.24) is 0 Å². The van der Waals surface area contributed by atoms with Gasteiger partial charge >= 0.3 is 0 Å². The van der Waals surface area contributed by atoms with E-state index in [1.165, 1.54) is 69.8 Å². The fraction of sp³-hybridized carbons (Fsp3) is 0.769.